The van der Waals surface area contributed by atoms with E-state index >= 15 is 0 Å². The summed E-state index contributed by atoms with van der Waals surface area (Å²) in [5.74, 6) is 0.499. The molecule has 2 aromatic rings. The Kier molecular flexibility index (Phi) is 3.92. The van der Waals surface area contributed by atoms with Crippen LogP contribution in [0.3, 0.4) is 0 Å². The second-order valence-corrected chi connectivity index (χ2v) is 5.84. The molecule has 0 atom stereocenters. The molecule has 0 amide bonds. The second-order valence-electron chi connectivity index (χ2n) is 5.84. The summed E-state index contributed by atoms with van der Waals surface area (Å²) in [5.41, 5.74) is 0. The lowest BCUT2D eigenvalue weighted by atomic mass is 9.80. The van der Waals surface area contributed by atoms with Crippen LogP contribution in [0.15, 0.2) is 16.9 Å². The van der Waals surface area contributed by atoms with E-state index in [1.807, 2.05) is 7.05 Å². The second kappa shape index (κ2) is 5.73. The first kappa shape index (κ1) is 15.1. The average molecular weight is 314 g/mol. The molecule has 3 rings (SSSR count). The monoisotopic (exact) mass is 314 g/mol. The van der Waals surface area contributed by atoms with Crippen LogP contribution < -0.4 is 0 Å². The van der Waals surface area contributed by atoms with Crippen molar-refractivity contribution in [2.45, 2.75) is 38.3 Å². The molecular formula is C14H17F3N4O. The summed E-state index contributed by atoms with van der Waals surface area (Å²) in [4.78, 5) is 8.43. The molecule has 0 aromatic carbocycles. The SMILES string of the molecule is Cn1ccnc1-c1noc(CC2CCC(C(F)(F)F)CC2)n1. The van der Waals surface area contributed by atoms with Crippen LogP contribution in [0.1, 0.15) is 31.6 Å². The van der Waals surface area contributed by atoms with Crippen molar-refractivity contribution in [3.63, 3.8) is 0 Å². The van der Waals surface area contributed by atoms with E-state index in [0.29, 0.717) is 36.8 Å². The molecule has 2 heterocycles. The van der Waals surface area contributed by atoms with Crippen LogP contribution in [0.5, 0.6) is 0 Å². The highest BCUT2D eigenvalue weighted by atomic mass is 19.4. The fourth-order valence-corrected chi connectivity index (χ4v) is 2.95. The van der Waals surface area contributed by atoms with Crippen LogP contribution in [0, 0.1) is 11.8 Å². The summed E-state index contributed by atoms with van der Waals surface area (Å²) in [7, 11) is 1.83. The predicted octanol–water partition coefficient (Wildman–Crippen LogP) is 3.38. The molecule has 1 aliphatic carbocycles. The minimum absolute atomic E-state index is 0.174. The molecule has 1 aliphatic rings. The summed E-state index contributed by atoms with van der Waals surface area (Å²) in [5, 5.41) is 3.89. The van der Waals surface area contributed by atoms with Gasteiger partial charge in [-0.15, -0.1) is 0 Å². The topological polar surface area (TPSA) is 56.7 Å². The number of alkyl halides is 3. The Hall–Kier alpha value is -1.86. The highest BCUT2D eigenvalue weighted by Gasteiger charge is 2.41. The third-order valence-corrected chi connectivity index (χ3v) is 4.26. The lowest BCUT2D eigenvalue weighted by Gasteiger charge is -2.29. The van der Waals surface area contributed by atoms with Gasteiger partial charge in [-0.2, -0.15) is 18.2 Å². The average Bonchev–Trinajstić information content (AvgIpc) is 3.07. The molecule has 1 fully saturated rings. The number of imidazole rings is 1. The first-order valence-corrected chi connectivity index (χ1v) is 7.30. The molecule has 120 valence electrons. The van der Waals surface area contributed by atoms with Crippen molar-refractivity contribution in [1.82, 2.24) is 19.7 Å². The first-order chi connectivity index (χ1) is 10.4. The highest BCUT2D eigenvalue weighted by molar-refractivity contribution is 5.42. The van der Waals surface area contributed by atoms with Gasteiger partial charge >= 0.3 is 6.18 Å². The van der Waals surface area contributed by atoms with Crippen molar-refractivity contribution in [3.8, 4) is 11.6 Å². The van der Waals surface area contributed by atoms with Crippen LogP contribution in [0.25, 0.3) is 11.6 Å². The van der Waals surface area contributed by atoms with Crippen molar-refractivity contribution in [1.29, 1.82) is 0 Å². The van der Waals surface area contributed by atoms with E-state index in [1.54, 1.807) is 17.0 Å². The first-order valence-electron chi connectivity index (χ1n) is 7.30. The van der Waals surface area contributed by atoms with E-state index in [-0.39, 0.29) is 18.8 Å². The number of aromatic nitrogens is 4. The van der Waals surface area contributed by atoms with Crippen molar-refractivity contribution < 1.29 is 17.7 Å². The number of hydrogen-bond acceptors (Lipinski definition) is 4. The van der Waals surface area contributed by atoms with Gasteiger partial charge in [0.2, 0.25) is 11.7 Å². The molecule has 5 nitrogen and oxygen atoms in total. The third-order valence-electron chi connectivity index (χ3n) is 4.26. The molecule has 0 radical (unpaired) electrons. The van der Waals surface area contributed by atoms with Crippen molar-refractivity contribution in [2.24, 2.45) is 18.9 Å². The minimum Gasteiger partial charge on any atom is -0.339 e. The molecule has 2 aromatic heterocycles. The lowest BCUT2D eigenvalue weighted by molar-refractivity contribution is -0.183. The Morgan fingerprint density at radius 3 is 2.59 bits per heavy atom. The minimum atomic E-state index is -4.07. The van der Waals surface area contributed by atoms with Crippen LogP contribution in [0.4, 0.5) is 13.2 Å². The van der Waals surface area contributed by atoms with Gasteiger partial charge in [0.05, 0.1) is 5.92 Å². The lowest BCUT2D eigenvalue weighted by Crippen LogP contribution is -2.28. The van der Waals surface area contributed by atoms with Crippen molar-refractivity contribution >= 4 is 0 Å². The number of nitrogens with zero attached hydrogens (tertiary/aromatic N) is 4. The van der Waals surface area contributed by atoms with E-state index in [0.717, 1.165) is 0 Å². The van der Waals surface area contributed by atoms with E-state index in [4.69, 9.17) is 4.52 Å². The predicted molar refractivity (Wildman–Crippen MR) is 71.7 cm³/mol. The van der Waals surface area contributed by atoms with E-state index in [2.05, 4.69) is 15.1 Å². The standard InChI is InChI=1S/C14H17F3N4O/c1-21-7-6-18-13(21)12-19-11(22-20-12)8-9-2-4-10(5-3-9)14(15,16)17/h6-7,9-10H,2-5,8H2,1H3. The Morgan fingerprint density at radius 2 is 2.00 bits per heavy atom. The third kappa shape index (κ3) is 3.15. The molecule has 0 spiro atoms. The van der Waals surface area contributed by atoms with Gasteiger partial charge < -0.3 is 9.09 Å². The fraction of sp³-hybridized carbons (Fsp3) is 0.643. The Balaban J connectivity index is 1.59. The number of halogens is 3. The molecule has 0 N–H and O–H groups in total. The zero-order valence-corrected chi connectivity index (χ0v) is 12.2. The van der Waals surface area contributed by atoms with Crippen LogP contribution in [-0.4, -0.2) is 25.9 Å². The summed E-state index contributed by atoms with van der Waals surface area (Å²) in [6.45, 7) is 0. The quantitative estimate of drug-likeness (QED) is 0.871. The van der Waals surface area contributed by atoms with Crippen LogP contribution in [-0.2, 0) is 13.5 Å². The highest BCUT2D eigenvalue weighted by Crippen LogP contribution is 2.40. The van der Waals surface area contributed by atoms with Gasteiger partial charge in [0, 0.05) is 25.9 Å². The zero-order chi connectivity index (χ0) is 15.7. The summed E-state index contributed by atoms with van der Waals surface area (Å²) < 4.78 is 44.9. The number of aryl methyl sites for hydroxylation is 1. The smallest absolute Gasteiger partial charge is 0.339 e. The van der Waals surface area contributed by atoms with Gasteiger partial charge in [-0.3, -0.25) is 0 Å². The molecule has 22 heavy (non-hydrogen) atoms. The molecule has 0 saturated heterocycles. The number of hydrogen-bond donors (Lipinski definition) is 0. The Morgan fingerprint density at radius 1 is 1.27 bits per heavy atom. The van der Waals surface area contributed by atoms with Gasteiger partial charge in [-0.25, -0.2) is 4.98 Å². The largest absolute Gasteiger partial charge is 0.391 e. The normalized spacial score (nSPS) is 22.9. The molecule has 8 heteroatoms. The van der Waals surface area contributed by atoms with Crippen LogP contribution >= 0.6 is 0 Å². The van der Waals surface area contributed by atoms with Gasteiger partial charge in [-0.05, 0) is 31.6 Å². The Labute approximate surface area is 125 Å². The van der Waals surface area contributed by atoms with Crippen molar-refractivity contribution in [3.05, 3.63) is 18.3 Å². The van der Waals surface area contributed by atoms with E-state index < -0.39 is 12.1 Å². The van der Waals surface area contributed by atoms with Gasteiger partial charge in [0.25, 0.3) is 0 Å². The maximum absolute atomic E-state index is 12.6. The number of rotatable bonds is 3. The molecular weight excluding hydrogens is 297 g/mol. The molecule has 1 saturated carbocycles. The van der Waals surface area contributed by atoms with Gasteiger partial charge in [0.15, 0.2) is 5.82 Å². The summed E-state index contributed by atoms with van der Waals surface area (Å²) in [6.07, 6.45) is 1.36. The van der Waals surface area contributed by atoms with Crippen LogP contribution in [0.2, 0.25) is 0 Å². The fourth-order valence-electron chi connectivity index (χ4n) is 2.95. The maximum atomic E-state index is 12.6. The van der Waals surface area contributed by atoms with E-state index in [9.17, 15) is 13.2 Å². The van der Waals surface area contributed by atoms with Crippen molar-refractivity contribution in [2.75, 3.05) is 0 Å². The Bertz CT molecular complexity index is 626. The molecule has 0 unspecified atom stereocenters. The van der Waals surface area contributed by atoms with Gasteiger partial charge in [-0.1, -0.05) is 5.16 Å². The maximum Gasteiger partial charge on any atom is 0.391 e. The van der Waals surface area contributed by atoms with Gasteiger partial charge in [0.1, 0.15) is 0 Å². The zero-order valence-electron chi connectivity index (χ0n) is 12.2. The molecule has 0 aliphatic heterocycles. The molecule has 0 bridgehead atoms. The summed E-state index contributed by atoms with van der Waals surface area (Å²) in [6, 6.07) is 0. The van der Waals surface area contributed by atoms with E-state index in [1.165, 1.54) is 0 Å². The summed E-state index contributed by atoms with van der Waals surface area (Å²) >= 11 is 0.